The highest BCUT2D eigenvalue weighted by molar-refractivity contribution is 6.32. The summed E-state index contributed by atoms with van der Waals surface area (Å²) in [4.78, 5) is 4.20. The maximum absolute atomic E-state index is 6.21. The summed E-state index contributed by atoms with van der Waals surface area (Å²) in [5.74, 6) is 2.17. The molecule has 1 aliphatic carbocycles. The first-order chi connectivity index (χ1) is 9.76. The molecule has 1 saturated carbocycles. The minimum atomic E-state index is 0.544. The van der Waals surface area contributed by atoms with Crippen LogP contribution >= 0.6 is 11.6 Å². The first kappa shape index (κ1) is 13.4. The Kier molecular flexibility index (Phi) is 3.87. The van der Waals surface area contributed by atoms with Crippen LogP contribution in [0.5, 0.6) is 11.5 Å². The van der Waals surface area contributed by atoms with Crippen LogP contribution in [-0.4, -0.2) is 32.3 Å². The first-order valence-corrected chi connectivity index (χ1v) is 7.19. The molecule has 0 unspecified atom stereocenters. The third-order valence-corrected chi connectivity index (χ3v) is 3.54. The second kappa shape index (κ2) is 5.79. The number of halogens is 1. The van der Waals surface area contributed by atoms with Gasteiger partial charge < -0.3 is 20.1 Å². The molecular weight excluding hydrogens is 278 g/mol. The largest absolute Gasteiger partial charge is 0.486 e. The Bertz CT molecular complexity index is 529. The van der Waals surface area contributed by atoms with Crippen molar-refractivity contribution >= 4 is 17.6 Å². The Morgan fingerprint density at radius 3 is 2.90 bits per heavy atom. The summed E-state index contributed by atoms with van der Waals surface area (Å²) in [6.45, 7) is 1.75. The fourth-order valence-corrected chi connectivity index (χ4v) is 2.36. The lowest BCUT2D eigenvalue weighted by Crippen LogP contribution is -2.38. The smallest absolute Gasteiger partial charge is 0.191 e. The van der Waals surface area contributed by atoms with Crippen molar-refractivity contribution in [2.75, 3.05) is 20.3 Å². The van der Waals surface area contributed by atoms with E-state index in [0.29, 0.717) is 42.3 Å². The van der Waals surface area contributed by atoms with Crippen molar-refractivity contribution in [1.29, 1.82) is 0 Å². The maximum atomic E-state index is 6.21. The van der Waals surface area contributed by atoms with Gasteiger partial charge in [0.2, 0.25) is 0 Å². The van der Waals surface area contributed by atoms with E-state index in [4.69, 9.17) is 21.1 Å². The van der Waals surface area contributed by atoms with E-state index in [1.807, 2.05) is 12.1 Å². The first-order valence-electron chi connectivity index (χ1n) is 6.81. The van der Waals surface area contributed by atoms with E-state index in [9.17, 15) is 0 Å². The standard InChI is InChI=1S/C14H18ClN3O2/c1-16-14(18-10-2-3-10)17-8-9-6-11(15)13-12(7-9)19-4-5-20-13/h6-7,10H,2-5,8H2,1H3,(H2,16,17,18). The summed E-state index contributed by atoms with van der Waals surface area (Å²) in [5, 5.41) is 7.20. The number of benzene rings is 1. The molecule has 0 amide bonds. The van der Waals surface area contributed by atoms with E-state index < -0.39 is 0 Å². The molecule has 1 aromatic carbocycles. The minimum absolute atomic E-state index is 0.544. The van der Waals surface area contributed by atoms with E-state index in [1.54, 1.807) is 7.05 Å². The lowest BCUT2D eigenvalue weighted by atomic mass is 10.2. The Labute approximate surface area is 123 Å². The second-order valence-electron chi connectivity index (χ2n) is 4.95. The monoisotopic (exact) mass is 295 g/mol. The summed E-state index contributed by atoms with van der Waals surface area (Å²) < 4.78 is 11.1. The number of ether oxygens (including phenoxy) is 2. The zero-order valence-electron chi connectivity index (χ0n) is 11.4. The van der Waals surface area contributed by atoms with Crippen LogP contribution in [0.1, 0.15) is 18.4 Å². The summed E-state index contributed by atoms with van der Waals surface area (Å²) >= 11 is 6.21. The molecular formula is C14H18ClN3O2. The Balaban J connectivity index is 1.66. The zero-order chi connectivity index (χ0) is 13.9. The van der Waals surface area contributed by atoms with Crippen LogP contribution < -0.4 is 20.1 Å². The molecule has 108 valence electrons. The van der Waals surface area contributed by atoms with Crippen molar-refractivity contribution in [3.8, 4) is 11.5 Å². The Morgan fingerprint density at radius 1 is 1.35 bits per heavy atom. The molecule has 1 aromatic rings. The molecule has 0 radical (unpaired) electrons. The van der Waals surface area contributed by atoms with Crippen LogP contribution in [0.4, 0.5) is 0 Å². The molecule has 0 atom stereocenters. The Morgan fingerprint density at radius 2 is 2.15 bits per heavy atom. The highest BCUT2D eigenvalue weighted by atomic mass is 35.5. The summed E-state index contributed by atoms with van der Waals surface area (Å²) in [6, 6.07) is 4.43. The third kappa shape index (κ3) is 3.10. The summed E-state index contributed by atoms with van der Waals surface area (Å²) in [6.07, 6.45) is 2.44. The number of guanidine groups is 1. The number of nitrogens with one attached hydrogen (secondary N) is 2. The van der Waals surface area contributed by atoms with Gasteiger partial charge in [-0.2, -0.15) is 0 Å². The second-order valence-corrected chi connectivity index (χ2v) is 5.35. The molecule has 3 rings (SSSR count). The lowest BCUT2D eigenvalue weighted by molar-refractivity contribution is 0.171. The van der Waals surface area contributed by atoms with Gasteiger partial charge in [-0.15, -0.1) is 0 Å². The average Bonchev–Trinajstić information content (AvgIpc) is 3.27. The third-order valence-electron chi connectivity index (χ3n) is 3.26. The fraction of sp³-hybridized carbons (Fsp3) is 0.500. The van der Waals surface area contributed by atoms with Crippen molar-refractivity contribution in [2.24, 2.45) is 4.99 Å². The van der Waals surface area contributed by atoms with Gasteiger partial charge in [-0.3, -0.25) is 4.99 Å². The van der Waals surface area contributed by atoms with Crippen molar-refractivity contribution in [2.45, 2.75) is 25.4 Å². The van der Waals surface area contributed by atoms with Crippen molar-refractivity contribution in [3.63, 3.8) is 0 Å². The van der Waals surface area contributed by atoms with E-state index in [2.05, 4.69) is 15.6 Å². The summed E-state index contributed by atoms with van der Waals surface area (Å²) in [7, 11) is 1.77. The number of aliphatic imine (C=N–C) groups is 1. The number of nitrogens with zero attached hydrogens (tertiary/aromatic N) is 1. The van der Waals surface area contributed by atoms with Crippen LogP contribution in [0.15, 0.2) is 17.1 Å². The van der Waals surface area contributed by atoms with Crippen LogP contribution in [0.3, 0.4) is 0 Å². The molecule has 1 aliphatic heterocycles. The number of hydrogen-bond acceptors (Lipinski definition) is 3. The summed E-state index contributed by atoms with van der Waals surface area (Å²) in [5.41, 5.74) is 1.04. The topological polar surface area (TPSA) is 54.9 Å². The highest BCUT2D eigenvalue weighted by Crippen LogP contribution is 2.38. The number of hydrogen-bond donors (Lipinski definition) is 2. The van der Waals surface area contributed by atoms with Crippen LogP contribution in [0.25, 0.3) is 0 Å². The van der Waals surface area contributed by atoms with Gasteiger partial charge in [0.25, 0.3) is 0 Å². The molecule has 0 saturated heterocycles. The molecule has 0 aromatic heterocycles. The van der Waals surface area contributed by atoms with Gasteiger partial charge in [0.15, 0.2) is 17.5 Å². The molecule has 2 aliphatic rings. The van der Waals surface area contributed by atoms with Gasteiger partial charge >= 0.3 is 0 Å². The Hall–Kier alpha value is -1.62. The molecule has 0 bridgehead atoms. The molecule has 20 heavy (non-hydrogen) atoms. The van der Waals surface area contributed by atoms with Crippen LogP contribution in [0, 0.1) is 0 Å². The van der Waals surface area contributed by atoms with E-state index in [-0.39, 0.29) is 0 Å². The fourth-order valence-electron chi connectivity index (χ4n) is 2.07. The zero-order valence-corrected chi connectivity index (χ0v) is 12.2. The number of fused-ring (bicyclic) bond motifs is 1. The van der Waals surface area contributed by atoms with Gasteiger partial charge in [0, 0.05) is 19.6 Å². The predicted molar refractivity (Wildman–Crippen MR) is 78.8 cm³/mol. The molecule has 1 fully saturated rings. The van der Waals surface area contributed by atoms with E-state index >= 15 is 0 Å². The lowest BCUT2D eigenvalue weighted by Gasteiger charge is -2.20. The highest BCUT2D eigenvalue weighted by Gasteiger charge is 2.22. The van der Waals surface area contributed by atoms with Crippen molar-refractivity contribution in [1.82, 2.24) is 10.6 Å². The SMILES string of the molecule is CN=C(NCc1cc(Cl)c2c(c1)OCCO2)NC1CC1. The quantitative estimate of drug-likeness (QED) is 0.661. The normalized spacial score (nSPS) is 17.8. The molecule has 0 spiro atoms. The van der Waals surface area contributed by atoms with Crippen LogP contribution in [0.2, 0.25) is 5.02 Å². The van der Waals surface area contributed by atoms with Gasteiger partial charge in [-0.25, -0.2) is 0 Å². The molecule has 6 heteroatoms. The van der Waals surface area contributed by atoms with Crippen molar-refractivity contribution < 1.29 is 9.47 Å². The molecule has 5 nitrogen and oxygen atoms in total. The van der Waals surface area contributed by atoms with Gasteiger partial charge in [-0.05, 0) is 30.5 Å². The predicted octanol–water partition coefficient (Wildman–Crippen LogP) is 1.94. The average molecular weight is 296 g/mol. The minimum Gasteiger partial charge on any atom is -0.486 e. The molecule has 2 N–H and O–H groups in total. The van der Waals surface area contributed by atoms with E-state index in [0.717, 1.165) is 11.5 Å². The van der Waals surface area contributed by atoms with Crippen molar-refractivity contribution in [3.05, 3.63) is 22.7 Å². The number of rotatable bonds is 3. The molecule has 1 heterocycles. The maximum Gasteiger partial charge on any atom is 0.191 e. The van der Waals surface area contributed by atoms with E-state index in [1.165, 1.54) is 12.8 Å². The van der Waals surface area contributed by atoms with Gasteiger partial charge in [0.05, 0.1) is 5.02 Å². The van der Waals surface area contributed by atoms with Gasteiger partial charge in [-0.1, -0.05) is 11.6 Å². The van der Waals surface area contributed by atoms with Gasteiger partial charge in [0.1, 0.15) is 13.2 Å². The van der Waals surface area contributed by atoms with Crippen LogP contribution in [-0.2, 0) is 6.54 Å².